The average molecular weight is 698 g/mol. The number of rotatable bonds is 12. The molecule has 6 rings (SSSR count). The molecule has 50 heavy (non-hydrogen) atoms. The van der Waals surface area contributed by atoms with Gasteiger partial charge in [0.1, 0.15) is 17.4 Å². The monoisotopic (exact) mass is 697 g/mol. The number of hydrogen-bond donors (Lipinski definition) is 1. The molecule has 5 aromatic carbocycles. The van der Waals surface area contributed by atoms with Crippen LogP contribution in [0.3, 0.4) is 0 Å². The Morgan fingerprint density at radius 2 is 1.38 bits per heavy atom. The zero-order chi connectivity index (χ0) is 35.5. The first-order valence-corrected chi connectivity index (χ1v) is 17.6. The van der Waals surface area contributed by atoms with E-state index in [4.69, 9.17) is 4.42 Å². The van der Waals surface area contributed by atoms with E-state index in [1.165, 1.54) is 24.3 Å². The molecule has 1 heterocycles. The highest BCUT2D eigenvalue weighted by molar-refractivity contribution is 7.89. The summed E-state index contributed by atoms with van der Waals surface area (Å²) in [5.41, 5.74) is 4.51. The van der Waals surface area contributed by atoms with Gasteiger partial charge >= 0.3 is 12.1 Å². The van der Waals surface area contributed by atoms with Gasteiger partial charge in [-0.1, -0.05) is 116 Å². The molecule has 6 aromatic rings. The third-order valence-corrected chi connectivity index (χ3v) is 10.5. The number of halogens is 3. The molecule has 1 unspecified atom stereocenters. The second-order valence-electron chi connectivity index (χ2n) is 12.1. The minimum Gasteiger partial charge on any atom is -0.480 e. The van der Waals surface area contributed by atoms with Crippen molar-refractivity contribution < 1.29 is 35.9 Å². The molecule has 0 amide bonds. The lowest BCUT2D eigenvalue weighted by Crippen LogP contribution is -2.44. The van der Waals surface area contributed by atoms with Crippen LogP contribution in [0.4, 0.5) is 13.2 Å². The summed E-state index contributed by atoms with van der Waals surface area (Å²) in [6.45, 7) is 1.17. The van der Waals surface area contributed by atoms with E-state index in [0.29, 0.717) is 12.8 Å². The molecule has 0 spiro atoms. The van der Waals surface area contributed by atoms with Gasteiger partial charge in [-0.25, -0.2) is 8.42 Å². The number of sulfonamides is 1. The molecule has 0 aliphatic rings. The van der Waals surface area contributed by atoms with Gasteiger partial charge in [-0.2, -0.15) is 17.5 Å². The molecule has 1 atom stereocenters. The quantitative estimate of drug-likeness (QED) is 0.138. The van der Waals surface area contributed by atoms with Gasteiger partial charge in [-0.05, 0) is 58.5 Å². The van der Waals surface area contributed by atoms with Crippen LogP contribution >= 0.6 is 0 Å². The minimum absolute atomic E-state index is 0.0169. The third-order valence-electron chi connectivity index (χ3n) is 8.63. The van der Waals surface area contributed by atoms with E-state index in [2.05, 4.69) is 12.1 Å². The lowest BCUT2D eigenvalue weighted by molar-refractivity contribution is -0.142. The number of aliphatic carboxylic acids is 1. The first-order valence-electron chi connectivity index (χ1n) is 16.1. The molecule has 0 fully saturated rings. The van der Waals surface area contributed by atoms with E-state index in [1.54, 1.807) is 19.1 Å². The van der Waals surface area contributed by atoms with Crippen LogP contribution in [0.15, 0.2) is 137 Å². The summed E-state index contributed by atoms with van der Waals surface area (Å²) in [6.07, 6.45) is -3.69. The van der Waals surface area contributed by atoms with E-state index in [1.807, 2.05) is 66.7 Å². The molecule has 0 aliphatic heterocycles. The molecule has 0 aliphatic carbocycles. The van der Waals surface area contributed by atoms with Crippen molar-refractivity contribution in [2.75, 3.05) is 0 Å². The number of furan rings is 1. The highest BCUT2D eigenvalue weighted by Crippen LogP contribution is 2.37. The number of carboxylic acids is 1. The molecule has 0 saturated carbocycles. The topological polar surface area (TPSA) is 87.8 Å². The number of benzene rings is 5. The summed E-state index contributed by atoms with van der Waals surface area (Å²) in [6, 6.07) is 34.6. The van der Waals surface area contributed by atoms with Gasteiger partial charge in [0.15, 0.2) is 0 Å². The predicted octanol–water partition coefficient (Wildman–Crippen LogP) is 9.82. The molecule has 1 N–H and O–H groups in total. The highest BCUT2D eigenvalue weighted by Gasteiger charge is 2.36. The Balaban J connectivity index is 1.30. The Hall–Kier alpha value is -5.19. The number of nitrogens with zero attached hydrogens (tertiary/aromatic N) is 1. The van der Waals surface area contributed by atoms with Gasteiger partial charge in [0.25, 0.3) is 0 Å². The van der Waals surface area contributed by atoms with Crippen LogP contribution < -0.4 is 0 Å². The van der Waals surface area contributed by atoms with Crippen LogP contribution in [0.5, 0.6) is 0 Å². The smallest absolute Gasteiger partial charge is 0.416 e. The molecule has 10 heteroatoms. The number of fused-ring (bicyclic) bond motifs is 1. The Kier molecular flexibility index (Phi) is 9.95. The largest absolute Gasteiger partial charge is 0.480 e. The van der Waals surface area contributed by atoms with Crippen molar-refractivity contribution in [3.63, 3.8) is 0 Å². The van der Waals surface area contributed by atoms with E-state index < -0.39 is 40.3 Å². The van der Waals surface area contributed by atoms with Crippen LogP contribution in [0.1, 0.15) is 42.2 Å². The van der Waals surface area contributed by atoms with Gasteiger partial charge in [0.05, 0.1) is 10.5 Å². The average Bonchev–Trinajstić information content (AvgIpc) is 3.47. The normalized spacial score (nSPS) is 12.7. The fraction of sp³-hybridized carbons (Fsp3) is 0.175. The van der Waals surface area contributed by atoms with Gasteiger partial charge in [-0.15, -0.1) is 0 Å². The van der Waals surface area contributed by atoms with E-state index in [0.717, 1.165) is 61.0 Å². The van der Waals surface area contributed by atoms with Gasteiger partial charge < -0.3 is 9.52 Å². The lowest BCUT2D eigenvalue weighted by atomic mass is 9.96. The van der Waals surface area contributed by atoms with Crippen molar-refractivity contribution in [1.29, 1.82) is 0 Å². The SMILES string of the molecule is CCCC(C(=O)O)N(Cc1cccc(C(F)(F)F)c1)S(=O)(=O)c1ccc(-c2ccc(-c3c(Cc4ccccc4)oc4ccccc34)cc2)cc1. The van der Waals surface area contributed by atoms with Crippen molar-refractivity contribution in [3.8, 4) is 22.3 Å². The summed E-state index contributed by atoms with van der Waals surface area (Å²) in [4.78, 5) is 12.1. The third kappa shape index (κ3) is 7.36. The van der Waals surface area contributed by atoms with E-state index in [9.17, 15) is 31.5 Å². The number of alkyl halides is 3. The summed E-state index contributed by atoms with van der Waals surface area (Å²) in [5, 5.41) is 11.0. The Bertz CT molecular complexity index is 2210. The second kappa shape index (κ2) is 14.3. The molecular weight excluding hydrogens is 664 g/mol. The number of para-hydroxylation sites is 1. The van der Waals surface area contributed by atoms with Crippen LogP contribution in [0.2, 0.25) is 0 Å². The molecule has 256 valence electrons. The summed E-state index contributed by atoms with van der Waals surface area (Å²) >= 11 is 0. The fourth-order valence-electron chi connectivity index (χ4n) is 6.16. The van der Waals surface area contributed by atoms with Gasteiger partial charge in [0, 0.05) is 23.9 Å². The number of carbonyl (C=O) groups is 1. The van der Waals surface area contributed by atoms with Crippen molar-refractivity contribution in [3.05, 3.63) is 150 Å². The molecule has 0 bridgehead atoms. The highest BCUT2D eigenvalue weighted by atomic mass is 32.2. The predicted molar refractivity (Wildman–Crippen MR) is 187 cm³/mol. The van der Waals surface area contributed by atoms with E-state index in [-0.39, 0.29) is 16.9 Å². The first-order chi connectivity index (χ1) is 24.0. The van der Waals surface area contributed by atoms with Crippen molar-refractivity contribution in [1.82, 2.24) is 4.31 Å². The molecule has 0 radical (unpaired) electrons. The van der Waals surface area contributed by atoms with Gasteiger partial charge in [0.2, 0.25) is 10.0 Å². The maximum Gasteiger partial charge on any atom is 0.416 e. The van der Waals surface area contributed by atoms with Crippen LogP contribution in [0.25, 0.3) is 33.2 Å². The summed E-state index contributed by atoms with van der Waals surface area (Å²) in [5.74, 6) is -0.534. The van der Waals surface area contributed by atoms with Gasteiger partial charge in [-0.3, -0.25) is 4.79 Å². The van der Waals surface area contributed by atoms with Crippen molar-refractivity contribution >= 4 is 27.0 Å². The molecule has 0 saturated heterocycles. The summed E-state index contributed by atoms with van der Waals surface area (Å²) in [7, 11) is -4.44. The van der Waals surface area contributed by atoms with Crippen LogP contribution in [-0.2, 0) is 34.0 Å². The Labute approximate surface area is 288 Å². The number of hydrogen-bond acceptors (Lipinski definition) is 4. The molecular formula is C40H34F3NO5S. The molecule has 6 nitrogen and oxygen atoms in total. The first kappa shape index (κ1) is 34.7. The molecule has 1 aromatic heterocycles. The maximum absolute atomic E-state index is 14.0. The lowest BCUT2D eigenvalue weighted by Gasteiger charge is -2.28. The van der Waals surface area contributed by atoms with Crippen LogP contribution in [-0.4, -0.2) is 29.8 Å². The van der Waals surface area contributed by atoms with Crippen LogP contribution in [0, 0.1) is 0 Å². The van der Waals surface area contributed by atoms with E-state index >= 15 is 0 Å². The Morgan fingerprint density at radius 3 is 2.02 bits per heavy atom. The van der Waals surface area contributed by atoms with Crippen molar-refractivity contribution in [2.45, 2.75) is 49.8 Å². The fourth-order valence-corrected chi connectivity index (χ4v) is 7.76. The van der Waals surface area contributed by atoms with Crippen molar-refractivity contribution in [2.24, 2.45) is 0 Å². The Morgan fingerprint density at radius 1 is 0.780 bits per heavy atom. The minimum atomic E-state index is -4.64. The zero-order valence-electron chi connectivity index (χ0n) is 27.1. The maximum atomic E-state index is 14.0. The number of carboxylic acid groups (broad SMARTS) is 1. The standard InChI is InChI=1S/C40H34F3NO5S/c1-2-9-35(39(45)46)44(26-28-12-8-13-32(24-28)40(41,42)43)50(47,48)33-22-20-30(21-23-33)29-16-18-31(19-17-29)38-34-14-6-7-15-36(34)49-37(38)25-27-10-4-3-5-11-27/h3-8,10-24,35H,2,9,25-26H2,1H3,(H,45,46). The zero-order valence-corrected chi connectivity index (χ0v) is 27.9. The second-order valence-corrected chi connectivity index (χ2v) is 13.9. The summed E-state index contributed by atoms with van der Waals surface area (Å²) < 4.78 is 75.2.